The third kappa shape index (κ3) is 7.12. The van der Waals surface area contributed by atoms with Crippen molar-refractivity contribution in [2.24, 2.45) is 0 Å². The van der Waals surface area contributed by atoms with Crippen LogP contribution >= 0.6 is 0 Å². The van der Waals surface area contributed by atoms with Crippen molar-refractivity contribution in [2.75, 3.05) is 59.9 Å². The first-order valence-electron chi connectivity index (χ1n) is 8.53. The second-order valence-corrected chi connectivity index (χ2v) is 6.54. The molecular weight excluding hydrogens is 288 g/mol. The highest BCUT2D eigenvalue weighted by atomic mass is 16.2. The van der Waals surface area contributed by atoms with Crippen LogP contribution in [0.15, 0.2) is 30.3 Å². The molecule has 0 atom stereocenters. The minimum absolute atomic E-state index is 0.153. The van der Waals surface area contributed by atoms with Gasteiger partial charge in [0, 0.05) is 39.3 Å². The molecule has 1 N–H and O–H groups in total. The van der Waals surface area contributed by atoms with Crippen molar-refractivity contribution in [3.8, 4) is 0 Å². The number of rotatable bonds is 8. The summed E-state index contributed by atoms with van der Waals surface area (Å²) in [5.74, 6) is 0.153. The lowest BCUT2D eigenvalue weighted by molar-refractivity contribution is -0.122. The van der Waals surface area contributed by atoms with E-state index in [9.17, 15) is 4.79 Å². The number of amides is 1. The number of hydrogen-bond acceptors (Lipinski definition) is 4. The molecule has 5 heteroatoms. The first-order chi connectivity index (χ1) is 11.1. The van der Waals surface area contributed by atoms with E-state index in [0.717, 1.165) is 52.2 Å². The van der Waals surface area contributed by atoms with Crippen LogP contribution in [0.5, 0.6) is 0 Å². The first kappa shape index (κ1) is 17.9. The van der Waals surface area contributed by atoms with Crippen LogP contribution in [-0.2, 0) is 11.3 Å². The smallest absolute Gasteiger partial charge is 0.234 e. The zero-order chi connectivity index (χ0) is 16.5. The number of benzene rings is 1. The lowest BCUT2D eigenvalue weighted by atomic mass is 10.2. The van der Waals surface area contributed by atoms with Gasteiger partial charge in [0.25, 0.3) is 0 Å². The van der Waals surface area contributed by atoms with Crippen molar-refractivity contribution in [1.82, 2.24) is 20.0 Å². The van der Waals surface area contributed by atoms with Gasteiger partial charge < -0.3 is 10.2 Å². The SMILES string of the molecule is CN(C)CCCNC(=O)CN1CCN(Cc2ccccc2)CC1. The van der Waals surface area contributed by atoms with Gasteiger partial charge in [-0.15, -0.1) is 0 Å². The topological polar surface area (TPSA) is 38.8 Å². The van der Waals surface area contributed by atoms with Gasteiger partial charge in [-0.3, -0.25) is 14.6 Å². The molecule has 0 aliphatic carbocycles. The predicted octanol–water partition coefficient (Wildman–Crippen LogP) is 0.872. The van der Waals surface area contributed by atoms with E-state index in [1.165, 1.54) is 5.56 Å². The maximum absolute atomic E-state index is 11.9. The summed E-state index contributed by atoms with van der Waals surface area (Å²) in [5.41, 5.74) is 1.36. The second kappa shape index (κ2) is 9.65. The molecule has 1 aliphatic rings. The van der Waals surface area contributed by atoms with Gasteiger partial charge in [0.1, 0.15) is 0 Å². The molecule has 0 aromatic heterocycles. The number of hydrogen-bond donors (Lipinski definition) is 1. The van der Waals surface area contributed by atoms with Gasteiger partial charge in [-0.1, -0.05) is 30.3 Å². The number of nitrogens with one attached hydrogen (secondary N) is 1. The van der Waals surface area contributed by atoms with Crippen molar-refractivity contribution in [2.45, 2.75) is 13.0 Å². The minimum atomic E-state index is 0.153. The highest BCUT2D eigenvalue weighted by Gasteiger charge is 2.18. The fraction of sp³-hybridized carbons (Fsp3) is 0.611. The highest BCUT2D eigenvalue weighted by molar-refractivity contribution is 5.77. The molecule has 128 valence electrons. The second-order valence-electron chi connectivity index (χ2n) is 6.54. The van der Waals surface area contributed by atoms with E-state index in [1.807, 2.05) is 0 Å². The summed E-state index contributed by atoms with van der Waals surface area (Å²) >= 11 is 0. The molecule has 0 radical (unpaired) electrons. The molecule has 23 heavy (non-hydrogen) atoms. The van der Waals surface area contributed by atoms with Gasteiger partial charge >= 0.3 is 0 Å². The van der Waals surface area contributed by atoms with E-state index >= 15 is 0 Å². The van der Waals surface area contributed by atoms with Gasteiger partial charge in [-0.05, 0) is 32.6 Å². The molecule has 1 aromatic rings. The summed E-state index contributed by atoms with van der Waals surface area (Å²) in [6.45, 7) is 7.32. The zero-order valence-electron chi connectivity index (χ0n) is 14.5. The van der Waals surface area contributed by atoms with Crippen molar-refractivity contribution in [1.29, 1.82) is 0 Å². The van der Waals surface area contributed by atoms with Crippen LogP contribution in [0.4, 0.5) is 0 Å². The highest BCUT2D eigenvalue weighted by Crippen LogP contribution is 2.08. The van der Waals surface area contributed by atoms with Crippen LogP contribution in [-0.4, -0.2) is 80.5 Å². The monoisotopic (exact) mass is 318 g/mol. The van der Waals surface area contributed by atoms with Crippen LogP contribution in [0.1, 0.15) is 12.0 Å². The summed E-state index contributed by atoms with van der Waals surface area (Å²) in [6, 6.07) is 10.6. The Morgan fingerprint density at radius 1 is 1.09 bits per heavy atom. The summed E-state index contributed by atoms with van der Waals surface area (Å²) in [7, 11) is 4.10. The molecule has 1 aliphatic heterocycles. The predicted molar refractivity (Wildman–Crippen MR) is 94.3 cm³/mol. The van der Waals surface area contributed by atoms with Gasteiger partial charge in [0.15, 0.2) is 0 Å². The Kier molecular flexibility index (Phi) is 7.52. The normalized spacial score (nSPS) is 16.7. The molecular formula is C18H30N4O. The molecule has 2 rings (SSSR count). The largest absolute Gasteiger partial charge is 0.355 e. The summed E-state index contributed by atoms with van der Waals surface area (Å²) in [5, 5.41) is 3.02. The molecule has 1 amide bonds. The molecule has 1 saturated heterocycles. The molecule has 1 aromatic carbocycles. The Balaban J connectivity index is 1.60. The molecule has 1 heterocycles. The average Bonchev–Trinajstić information content (AvgIpc) is 2.54. The van der Waals surface area contributed by atoms with Crippen LogP contribution in [0.2, 0.25) is 0 Å². The van der Waals surface area contributed by atoms with Gasteiger partial charge in [0.05, 0.1) is 6.54 Å². The Labute approximate surface area is 140 Å². The van der Waals surface area contributed by atoms with E-state index in [-0.39, 0.29) is 5.91 Å². The standard InChI is InChI=1S/C18H30N4O/c1-20(2)10-6-9-19-18(23)16-22-13-11-21(12-14-22)15-17-7-4-3-5-8-17/h3-5,7-8H,6,9-16H2,1-2H3,(H,19,23). The number of piperazine rings is 1. The van der Waals surface area contributed by atoms with Gasteiger partial charge in [0.2, 0.25) is 5.91 Å². The number of nitrogens with zero attached hydrogens (tertiary/aromatic N) is 3. The zero-order valence-corrected chi connectivity index (χ0v) is 14.5. The summed E-state index contributed by atoms with van der Waals surface area (Å²) in [4.78, 5) is 18.8. The molecule has 0 saturated carbocycles. The van der Waals surface area contributed by atoms with Crippen molar-refractivity contribution >= 4 is 5.91 Å². The summed E-state index contributed by atoms with van der Waals surface area (Å²) in [6.07, 6.45) is 1.00. The van der Waals surface area contributed by atoms with Crippen molar-refractivity contribution in [3.63, 3.8) is 0 Å². The Hall–Kier alpha value is -1.43. The van der Waals surface area contributed by atoms with Crippen LogP contribution in [0, 0.1) is 0 Å². The Morgan fingerprint density at radius 3 is 2.39 bits per heavy atom. The van der Waals surface area contributed by atoms with Crippen LogP contribution in [0.3, 0.4) is 0 Å². The van der Waals surface area contributed by atoms with Crippen LogP contribution < -0.4 is 5.32 Å². The summed E-state index contributed by atoms with van der Waals surface area (Å²) < 4.78 is 0. The molecule has 0 spiro atoms. The van der Waals surface area contributed by atoms with Crippen molar-refractivity contribution < 1.29 is 4.79 Å². The van der Waals surface area contributed by atoms with Gasteiger partial charge in [-0.2, -0.15) is 0 Å². The fourth-order valence-corrected chi connectivity index (χ4v) is 2.83. The molecule has 1 fully saturated rings. The van der Waals surface area contributed by atoms with E-state index in [1.54, 1.807) is 0 Å². The molecule has 0 unspecified atom stereocenters. The number of carbonyl (C=O) groups excluding carboxylic acids is 1. The lowest BCUT2D eigenvalue weighted by Gasteiger charge is -2.34. The first-order valence-corrected chi connectivity index (χ1v) is 8.53. The van der Waals surface area contributed by atoms with E-state index in [2.05, 4.69) is 64.4 Å². The fourth-order valence-electron chi connectivity index (χ4n) is 2.83. The maximum Gasteiger partial charge on any atom is 0.234 e. The lowest BCUT2D eigenvalue weighted by Crippen LogP contribution is -2.49. The van der Waals surface area contributed by atoms with Crippen molar-refractivity contribution in [3.05, 3.63) is 35.9 Å². The average molecular weight is 318 g/mol. The molecule has 5 nitrogen and oxygen atoms in total. The van der Waals surface area contributed by atoms with Crippen LogP contribution in [0.25, 0.3) is 0 Å². The maximum atomic E-state index is 11.9. The minimum Gasteiger partial charge on any atom is -0.355 e. The molecule has 0 bridgehead atoms. The van der Waals surface area contributed by atoms with E-state index < -0.39 is 0 Å². The van der Waals surface area contributed by atoms with E-state index in [4.69, 9.17) is 0 Å². The van der Waals surface area contributed by atoms with E-state index in [0.29, 0.717) is 6.54 Å². The Morgan fingerprint density at radius 2 is 1.74 bits per heavy atom. The quantitative estimate of drug-likeness (QED) is 0.722. The Bertz CT molecular complexity index is 455. The third-order valence-corrected chi connectivity index (χ3v) is 4.19. The van der Waals surface area contributed by atoms with Gasteiger partial charge in [-0.25, -0.2) is 0 Å². The number of carbonyl (C=O) groups is 1. The third-order valence-electron chi connectivity index (χ3n) is 4.19.